The van der Waals surface area contributed by atoms with Gasteiger partial charge >= 0.3 is 0 Å². The normalized spacial score (nSPS) is 15.9. The van der Waals surface area contributed by atoms with Gasteiger partial charge in [0.05, 0.1) is 6.04 Å². The molecule has 0 bridgehead atoms. The van der Waals surface area contributed by atoms with Crippen LogP contribution in [0.3, 0.4) is 0 Å². The number of hydrogen-bond acceptors (Lipinski definition) is 3. The Morgan fingerprint density at radius 3 is 2.70 bits per heavy atom. The first-order chi connectivity index (χ1) is 9.65. The van der Waals surface area contributed by atoms with E-state index < -0.39 is 0 Å². The maximum atomic E-state index is 12.3. The van der Waals surface area contributed by atoms with E-state index in [9.17, 15) is 4.79 Å². The molecule has 1 heterocycles. The highest BCUT2D eigenvalue weighted by molar-refractivity contribution is 9.10. The van der Waals surface area contributed by atoms with Gasteiger partial charge < -0.3 is 9.88 Å². The number of benzene rings is 1. The second-order valence-corrected chi connectivity index (χ2v) is 6.05. The fourth-order valence-electron chi connectivity index (χ4n) is 2.20. The summed E-state index contributed by atoms with van der Waals surface area (Å²) in [5.41, 5.74) is 1.09. The van der Waals surface area contributed by atoms with Crippen molar-refractivity contribution in [2.45, 2.75) is 31.8 Å². The van der Waals surface area contributed by atoms with Gasteiger partial charge in [0.25, 0.3) is 5.56 Å². The average molecular weight is 334 g/mol. The van der Waals surface area contributed by atoms with Crippen LogP contribution in [0.1, 0.15) is 37.4 Å². The summed E-state index contributed by atoms with van der Waals surface area (Å²) in [7, 11) is 0. The second-order valence-electron chi connectivity index (χ2n) is 5.14. The van der Waals surface area contributed by atoms with Crippen LogP contribution in [0, 0.1) is 0 Å². The lowest BCUT2D eigenvalue weighted by molar-refractivity contribution is 0.696. The smallest absolute Gasteiger partial charge is 0.293 e. The molecule has 2 aromatic rings. The van der Waals surface area contributed by atoms with Crippen LogP contribution in [0.15, 0.2) is 45.9 Å². The molecule has 1 fully saturated rings. The van der Waals surface area contributed by atoms with Gasteiger partial charge in [-0.1, -0.05) is 28.1 Å². The summed E-state index contributed by atoms with van der Waals surface area (Å²) >= 11 is 3.42. The third kappa shape index (κ3) is 2.77. The Bertz CT molecular complexity index is 662. The largest absolute Gasteiger partial charge is 0.359 e. The zero-order chi connectivity index (χ0) is 14.1. The van der Waals surface area contributed by atoms with E-state index in [1.807, 2.05) is 31.2 Å². The molecular formula is C15H16BrN3O. The summed E-state index contributed by atoms with van der Waals surface area (Å²) in [5.74, 6) is 0.426. The van der Waals surface area contributed by atoms with Crippen molar-refractivity contribution < 1.29 is 0 Å². The molecule has 4 nitrogen and oxygen atoms in total. The minimum absolute atomic E-state index is 0.0287. The van der Waals surface area contributed by atoms with Gasteiger partial charge in [0.15, 0.2) is 5.82 Å². The van der Waals surface area contributed by atoms with Gasteiger partial charge in [-0.2, -0.15) is 0 Å². The van der Waals surface area contributed by atoms with E-state index in [1.165, 1.54) is 0 Å². The monoisotopic (exact) mass is 333 g/mol. The van der Waals surface area contributed by atoms with E-state index in [4.69, 9.17) is 0 Å². The Balaban J connectivity index is 1.82. The van der Waals surface area contributed by atoms with Crippen molar-refractivity contribution >= 4 is 21.7 Å². The van der Waals surface area contributed by atoms with Gasteiger partial charge in [-0.05, 0) is 37.5 Å². The van der Waals surface area contributed by atoms with Crippen molar-refractivity contribution in [2.24, 2.45) is 0 Å². The fraction of sp³-hybridized carbons (Fsp3) is 0.333. The Hall–Kier alpha value is -1.62. The Labute approximate surface area is 126 Å². The molecule has 3 rings (SSSR count). The molecule has 1 aromatic carbocycles. The van der Waals surface area contributed by atoms with E-state index >= 15 is 0 Å². The molecule has 5 heteroatoms. The SMILES string of the molecule is CC(Nc1nccn(C2CC2)c1=O)c1ccc(Br)cc1. The quantitative estimate of drug-likeness (QED) is 0.931. The molecule has 0 spiro atoms. The predicted octanol–water partition coefficient (Wildman–Crippen LogP) is 3.51. The molecular weight excluding hydrogens is 318 g/mol. The van der Waals surface area contributed by atoms with Crippen LogP contribution in [0.2, 0.25) is 0 Å². The topological polar surface area (TPSA) is 46.9 Å². The first kappa shape index (κ1) is 13.4. The third-order valence-electron chi connectivity index (χ3n) is 3.53. The predicted molar refractivity (Wildman–Crippen MR) is 82.9 cm³/mol. The van der Waals surface area contributed by atoms with Crippen molar-refractivity contribution in [1.29, 1.82) is 0 Å². The molecule has 1 unspecified atom stereocenters. The molecule has 20 heavy (non-hydrogen) atoms. The Morgan fingerprint density at radius 2 is 2.05 bits per heavy atom. The van der Waals surface area contributed by atoms with E-state index in [0.29, 0.717) is 11.9 Å². The fourth-order valence-corrected chi connectivity index (χ4v) is 2.47. The molecule has 0 saturated heterocycles. The van der Waals surface area contributed by atoms with Crippen molar-refractivity contribution in [3.63, 3.8) is 0 Å². The van der Waals surface area contributed by atoms with Crippen LogP contribution in [0.5, 0.6) is 0 Å². The van der Waals surface area contributed by atoms with Gasteiger partial charge in [0.2, 0.25) is 0 Å². The van der Waals surface area contributed by atoms with E-state index in [2.05, 4.69) is 26.2 Å². The number of aromatic nitrogens is 2. The first-order valence-corrected chi connectivity index (χ1v) is 7.53. The molecule has 104 valence electrons. The highest BCUT2D eigenvalue weighted by atomic mass is 79.9. The molecule has 0 amide bonds. The van der Waals surface area contributed by atoms with Crippen LogP contribution in [-0.2, 0) is 0 Å². The lowest BCUT2D eigenvalue weighted by Gasteiger charge is -2.15. The van der Waals surface area contributed by atoms with Crippen LogP contribution in [-0.4, -0.2) is 9.55 Å². The molecule has 1 aromatic heterocycles. The van der Waals surface area contributed by atoms with Crippen molar-refractivity contribution in [2.75, 3.05) is 5.32 Å². The molecule has 0 radical (unpaired) electrons. The van der Waals surface area contributed by atoms with Crippen LogP contribution in [0.25, 0.3) is 0 Å². The number of anilines is 1. The molecule has 0 aliphatic heterocycles. The highest BCUT2D eigenvalue weighted by Gasteiger charge is 2.25. The van der Waals surface area contributed by atoms with E-state index in [1.54, 1.807) is 17.0 Å². The zero-order valence-electron chi connectivity index (χ0n) is 11.2. The minimum atomic E-state index is -0.0287. The molecule has 1 atom stereocenters. The summed E-state index contributed by atoms with van der Waals surface area (Å²) in [5, 5.41) is 3.21. The second kappa shape index (κ2) is 5.40. The molecule has 1 aliphatic rings. The molecule has 1 N–H and O–H groups in total. The maximum Gasteiger partial charge on any atom is 0.293 e. The van der Waals surface area contributed by atoms with Crippen LogP contribution >= 0.6 is 15.9 Å². The van der Waals surface area contributed by atoms with Crippen LogP contribution < -0.4 is 10.9 Å². The van der Waals surface area contributed by atoms with Gasteiger partial charge in [-0.3, -0.25) is 4.79 Å². The number of rotatable bonds is 4. The van der Waals surface area contributed by atoms with E-state index in [0.717, 1.165) is 22.9 Å². The van der Waals surface area contributed by atoms with Crippen molar-refractivity contribution in [3.05, 3.63) is 57.0 Å². The lowest BCUT2D eigenvalue weighted by Crippen LogP contribution is -2.24. The number of hydrogen-bond donors (Lipinski definition) is 1. The molecule has 1 aliphatic carbocycles. The van der Waals surface area contributed by atoms with Crippen molar-refractivity contribution in [1.82, 2.24) is 9.55 Å². The number of nitrogens with zero attached hydrogens (tertiary/aromatic N) is 2. The third-order valence-corrected chi connectivity index (χ3v) is 4.06. The lowest BCUT2D eigenvalue weighted by atomic mass is 10.1. The number of nitrogens with one attached hydrogen (secondary N) is 1. The first-order valence-electron chi connectivity index (χ1n) is 6.74. The van der Waals surface area contributed by atoms with Gasteiger partial charge in [0.1, 0.15) is 0 Å². The summed E-state index contributed by atoms with van der Waals surface area (Å²) in [6.07, 6.45) is 5.64. The Kier molecular flexibility index (Phi) is 3.61. The number of halogens is 1. The Morgan fingerprint density at radius 1 is 1.35 bits per heavy atom. The molecule has 1 saturated carbocycles. The highest BCUT2D eigenvalue weighted by Crippen LogP contribution is 2.33. The summed E-state index contributed by atoms with van der Waals surface area (Å²) in [6, 6.07) is 8.46. The summed E-state index contributed by atoms with van der Waals surface area (Å²) < 4.78 is 2.83. The van der Waals surface area contributed by atoms with E-state index in [-0.39, 0.29) is 11.6 Å². The van der Waals surface area contributed by atoms with Gasteiger partial charge in [-0.15, -0.1) is 0 Å². The van der Waals surface area contributed by atoms with Gasteiger partial charge in [0, 0.05) is 22.9 Å². The van der Waals surface area contributed by atoms with Crippen LogP contribution in [0.4, 0.5) is 5.82 Å². The summed E-state index contributed by atoms with van der Waals surface area (Å²) in [4.78, 5) is 16.5. The van der Waals surface area contributed by atoms with Gasteiger partial charge in [-0.25, -0.2) is 4.98 Å². The standard InChI is InChI=1S/C15H16BrN3O/c1-10(11-2-4-12(16)5-3-11)18-14-15(20)19(9-8-17-14)13-6-7-13/h2-5,8-10,13H,6-7H2,1H3,(H,17,18). The minimum Gasteiger partial charge on any atom is -0.359 e. The maximum absolute atomic E-state index is 12.3. The zero-order valence-corrected chi connectivity index (χ0v) is 12.8. The summed E-state index contributed by atoms with van der Waals surface area (Å²) in [6.45, 7) is 2.03. The average Bonchev–Trinajstić information content (AvgIpc) is 3.26. The van der Waals surface area contributed by atoms with Crippen molar-refractivity contribution in [3.8, 4) is 0 Å².